The molecule has 0 fully saturated rings. The van der Waals surface area contributed by atoms with E-state index in [1.807, 2.05) is 7.05 Å². The number of nitrogens with two attached hydrogens (primary N) is 1. The summed E-state index contributed by atoms with van der Waals surface area (Å²) in [6.07, 6.45) is 2.43. The van der Waals surface area contributed by atoms with Crippen LogP contribution in [0.15, 0.2) is 6.20 Å². The fraction of sp³-hybridized carbons (Fsp3) is 0.583. The third kappa shape index (κ3) is 2.99. The number of nitrogen functional groups attached to an aromatic ring is 1. The third-order valence-corrected chi connectivity index (χ3v) is 3.11. The second-order valence-electron chi connectivity index (χ2n) is 4.48. The lowest BCUT2D eigenvalue weighted by Gasteiger charge is -2.18. The van der Waals surface area contributed by atoms with Crippen molar-refractivity contribution in [2.45, 2.75) is 19.9 Å². The van der Waals surface area contributed by atoms with Crippen LogP contribution in [0.2, 0.25) is 0 Å². The van der Waals surface area contributed by atoms with Crippen LogP contribution >= 0.6 is 0 Å². The molecule has 0 amide bonds. The summed E-state index contributed by atoms with van der Waals surface area (Å²) in [7, 11) is 1.84. The average Bonchev–Trinajstić information content (AvgIpc) is 2.77. The molecule has 0 unspecified atom stereocenters. The highest BCUT2D eigenvalue weighted by Crippen LogP contribution is 2.17. The molecule has 19 heavy (non-hydrogen) atoms. The summed E-state index contributed by atoms with van der Waals surface area (Å²) in [5.74, 6) is 1.15. The maximum absolute atomic E-state index is 8.88. The van der Waals surface area contributed by atoms with Gasteiger partial charge in [-0.2, -0.15) is 5.10 Å². The summed E-state index contributed by atoms with van der Waals surface area (Å²) in [5, 5.41) is 13.8. The Balaban J connectivity index is 2.22. The van der Waals surface area contributed by atoms with Crippen LogP contribution in [0.4, 0.5) is 5.82 Å². The van der Waals surface area contributed by atoms with Gasteiger partial charge in [0.1, 0.15) is 11.6 Å². The Morgan fingerprint density at radius 3 is 2.89 bits per heavy atom. The second-order valence-corrected chi connectivity index (χ2v) is 4.48. The fourth-order valence-corrected chi connectivity index (χ4v) is 2.00. The molecule has 0 aromatic carbocycles. The molecule has 7 nitrogen and oxygen atoms in total. The molecule has 0 atom stereocenters. The number of fused-ring (bicyclic) bond motifs is 1. The standard InChI is InChI=1S/C12H20N6O/c1-3-18(5-4-6-19)8-10-15-11(13)9-7-14-17(2)12(9)16-10/h7,19H,3-6,8H2,1-2H3,(H2,13,15,16). The van der Waals surface area contributed by atoms with Crippen molar-refractivity contribution in [2.24, 2.45) is 7.05 Å². The molecule has 104 valence electrons. The number of hydrogen-bond acceptors (Lipinski definition) is 6. The van der Waals surface area contributed by atoms with Gasteiger partial charge in [0.2, 0.25) is 0 Å². The lowest BCUT2D eigenvalue weighted by Crippen LogP contribution is -2.26. The molecule has 2 aromatic heterocycles. The Morgan fingerprint density at radius 1 is 1.42 bits per heavy atom. The first kappa shape index (κ1) is 13.7. The maximum atomic E-state index is 8.88. The molecule has 2 aromatic rings. The van der Waals surface area contributed by atoms with Gasteiger partial charge in [-0.1, -0.05) is 6.92 Å². The SMILES string of the molecule is CCN(CCCO)Cc1nc(N)c2cnn(C)c2n1. The minimum absolute atomic E-state index is 0.195. The van der Waals surface area contributed by atoms with Crippen LogP contribution in [0.1, 0.15) is 19.2 Å². The minimum Gasteiger partial charge on any atom is -0.396 e. The van der Waals surface area contributed by atoms with Gasteiger partial charge in [-0.3, -0.25) is 9.58 Å². The molecule has 2 heterocycles. The van der Waals surface area contributed by atoms with Crippen molar-refractivity contribution in [3.8, 4) is 0 Å². The van der Waals surface area contributed by atoms with E-state index in [1.165, 1.54) is 0 Å². The average molecular weight is 264 g/mol. The van der Waals surface area contributed by atoms with Crippen LogP contribution in [0.5, 0.6) is 0 Å². The lowest BCUT2D eigenvalue weighted by atomic mass is 10.3. The molecule has 0 aliphatic rings. The van der Waals surface area contributed by atoms with Crippen LogP contribution in [0.3, 0.4) is 0 Å². The first-order valence-electron chi connectivity index (χ1n) is 6.43. The fourth-order valence-electron chi connectivity index (χ4n) is 2.00. The summed E-state index contributed by atoms with van der Waals surface area (Å²) in [4.78, 5) is 11.0. The Labute approximate surface area is 112 Å². The number of aliphatic hydroxyl groups excluding tert-OH is 1. The van der Waals surface area contributed by atoms with E-state index in [-0.39, 0.29) is 6.61 Å². The molecule has 2 rings (SSSR count). The molecule has 3 N–H and O–H groups in total. The normalized spacial score (nSPS) is 11.6. The predicted octanol–water partition coefficient (Wildman–Crippen LogP) is 0.150. The van der Waals surface area contributed by atoms with Crippen molar-refractivity contribution in [3.63, 3.8) is 0 Å². The van der Waals surface area contributed by atoms with Crippen molar-refractivity contribution in [3.05, 3.63) is 12.0 Å². The summed E-state index contributed by atoms with van der Waals surface area (Å²) < 4.78 is 1.70. The number of rotatable bonds is 6. The van der Waals surface area contributed by atoms with E-state index < -0.39 is 0 Å². The van der Waals surface area contributed by atoms with Gasteiger partial charge in [0.05, 0.1) is 18.1 Å². The van der Waals surface area contributed by atoms with Crippen molar-refractivity contribution in [2.75, 3.05) is 25.4 Å². The second kappa shape index (κ2) is 5.94. The van der Waals surface area contributed by atoms with Crippen LogP contribution in [-0.4, -0.2) is 49.5 Å². The van der Waals surface area contributed by atoms with E-state index >= 15 is 0 Å². The molecule has 0 aliphatic carbocycles. The molecule has 0 bridgehead atoms. The zero-order chi connectivity index (χ0) is 13.8. The summed E-state index contributed by atoms with van der Waals surface area (Å²) in [5.41, 5.74) is 6.68. The number of anilines is 1. The van der Waals surface area contributed by atoms with Crippen LogP contribution < -0.4 is 5.73 Å². The quantitative estimate of drug-likeness (QED) is 0.771. The molecule has 0 saturated carbocycles. The molecule has 0 saturated heterocycles. The largest absolute Gasteiger partial charge is 0.396 e. The molecular weight excluding hydrogens is 244 g/mol. The van der Waals surface area contributed by atoms with E-state index in [0.717, 1.165) is 30.5 Å². The number of aryl methyl sites for hydroxylation is 1. The number of aliphatic hydroxyl groups is 1. The summed E-state index contributed by atoms with van der Waals surface area (Å²) in [6, 6.07) is 0. The van der Waals surface area contributed by atoms with E-state index in [1.54, 1.807) is 10.9 Å². The van der Waals surface area contributed by atoms with Crippen LogP contribution in [0, 0.1) is 0 Å². The number of nitrogens with zero attached hydrogens (tertiary/aromatic N) is 5. The summed E-state index contributed by atoms with van der Waals surface area (Å²) in [6.45, 7) is 4.60. The molecular formula is C12H20N6O. The van der Waals surface area contributed by atoms with Crippen molar-refractivity contribution in [1.82, 2.24) is 24.6 Å². The molecule has 0 spiro atoms. The maximum Gasteiger partial charge on any atom is 0.163 e. The first-order chi connectivity index (χ1) is 9.15. The smallest absolute Gasteiger partial charge is 0.163 e. The minimum atomic E-state index is 0.195. The Morgan fingerprint density at radius 2 is 2.21 bits per heavy atom. The van der Waals surface area contributed by atoms with E-state index in [4.69, 9.17) is 10.8 Å². The Kier molecular flexibility index (Phi) is 4.28. The first-order valence-corrected chi connectivity index (χ1v) is 6.43. The van der Waals surface area contributed by atoms with E-state index in [9.17, 15) is 0 Å². The van der Waals surface area contributed by atoms with Crippen molar-refractivity contribution < 1.29 is 5.11 Å². The van der Waals surface area contributed by atoms with Gasteiger partial charge >= 0.3 is 0 Å². The van der Waals surface area contributed by atoms with Gasteiger partial charge < -0.3 is 10.8 Å². The molecule has 0 radical (unpaired) electrons. The Bertz CT molecular complexity index is 552. The highest BCUT2D eigenvalue weighted by Gasteiger charge is 2.11. The number of hydrogen-bond donors (Lipinski definition) is 2. The Hall–Kier alpha value is -1.73. The van der Waals surface area contributed by atoms with Gasteiger partial charge in [-0.05, 0) is 13.0 Å². The summed E-state index contributed by atoms with van der Waals surface area (Å²) >= 11 is 0. The van der Waals surface area contributed by atoms with Gasteiger partial charge in [-0.25, -0.2) is 9.97 Å². The highest BCUT2D eigenvalue weighted by atomic mass is 16.3. The van der Waals surface area contributed by atoms with Gasteiger partial charge in [0.15, 0.2) is 5.65 Å². The van der Waals surface area contributed by atoms with E-state index in [2.05, 4.69) is 26.9 Å². The molecule has 7 heteroatoms. The van der Waals surface area contributed by atoms with Gasteiger partial charge in [-0.15, -0.1) is 0 Å². The zero-order valence-electron chi connectivity index (χ0n) is 11.4. The topological polar surface area (TPSA) is 93.1 Å². The third-order valence-electron chi connectivity index (χ3n) is 3.11. The monoisotopic (exact) mass is 264 g/mol. The van der Waals surface area contributed by atoms with Crippen molar-refractivity contribution in [1.29, 1.82) is 0 Å². The van der Waals surface area contributed by atoms with Crippen LogP contribution in [0.25, 0.3) is 11.0 Å². The zero-order valence-corrected chi connectivity index (χ0v) is 11.4. The van der Waals surface area contributed by atoms with E-state index in [0.29, 0.717) is 18.2 Å². The number of aromatic nitrogens is 4. The highest BCUT2D eigenvalue weighted by molar-refractivity contribution is 5.84. The van der Waals surface area contributed by atoms with Crippen molar-refractivity contribution >= 4 is 16.9 Å². The van der Waals surface area contributed by atoms with Gasteiger partial charge in [0, 0.05) is 20.2 Å². The molecule has 0 aliphatic heterocycles. The van der Waals surface area contributed by atoms with Gasteiger partial charge in [0.25, 0.3) is 0 Å². The lowest BCUT2D eigenvalue weighted by molar-refractivity contribution is 0.222. The predicted molar refractivity (Wildman–Crippen MR) is 73.4 cm³/mol. The van der Waals surface area contributed by atoms with Crippen LogP contribution in [-0.2, 0) is 13.6 Å².